The molecule has 1 heterocycles. The first-order chi connectivity index (χ1) is 5.79. The normalized spacial score (nSPS) is 19.2. The highest BCUT2D eigenvalue weighted by molar-refractivity contribution is 5.22. The maximum Gasteiger partial charge on any atom is 0.0602 e. The molecule has 2 heteroatoms. The molecule has 0 bridgehead atoms. The Hall–Kier alpha value is -0.890. The molecular weight excluding hydrogens is 148 g/mol. The number of hydrogen-bond acceptors (Lipinski definition) is 2. The Labute approximate surface area is 72.8 Å². The van der Waals surface area contributed by atoms with Gasteiger partial charge in [0.15, 0.2) is 0 Å². The number of rotatable bonds is 2. The second-order valence-corrected chi connectivity index (χ2v) is 3.57. The molecule has 1 saturated carbocycles. The molecule has 64 valence electrons. The average Bonchev–Trinajstić information content (AvgIpc) is 2.86. The third-order valence-electron chi connectivity index (χ3n) is 2.50. The van der Waals surface area contributed by atoms with Crippen molar-refractivity contribution >= 4 is 0 Å². The average molecular weight is 162 g/mol. The van der Waals surface area contributed by atoms with Gasteiger partial charge in [0.05, 0.1) is 11.7 Å². The highest BCUT2D eigenvalue weighted by Gasteiger charge is 2.30. The molecule has 0 radical (unpaired) electrons. The van der Waals surface area contributed by atoms with Crippen LogP contribution in [0.5, 0.6) is 0 Å². The number of aromatic nitrogens is 1. The number of pyridine rings is 1. The van der Waals surface area contributed by atoms with E-state index in [0.29, 0.717) is 5.92 Å². The van der Waals surface area contributed by atoms with Crippen molar-refractivity contribution in [1.82, 2.24) is 4.98 Å². The number of hydrogen-bond donors (Lipinski definition) is 1. The maximum atomic E-state index is 6.04. The molecule has 1 atom stereocenters. The zero-order valence-electron chi connectivity index (χ0n) is 7.33. The minimum Gasteiger partial charge on any atom is -0.322 e. The molecule has 1 fully saturated rings. The van der Waals surface area contributed by atoms with E-state index in [1.807, 2.05) is 12.3 Å². The topological polar surface area (TPSA) is 38.9 Å². The fourth-order valence-corrected chi connectivity index (χ4v) is 1.53. The lowest BCUT2D eigenvalue weighted by atomic mass is 10.1. The van der Waals surface area contributed by atoms with Crippen LogP contribution in [0.4, 0.5) is 0 Å². The lowest BCUT2D eigenvalue weighted by Gasteiger charge is -2.11. The van der Waals surface area contributed by atoms with E-state index in [1.165, 1.54) is 18.4 Å². The summed E-state index contributed by atoms with van der Waals surface area (Å²) in [7, 11) is 0. The van der Waals surface area contributed by atoms with Gasteiger partial charge in [0, 0.05) is 6.20 Å². The van der Waals surface area contributed by atoms with Gasteiger partial charge in [-0.1, -0.05) is 6.07 Å². The molecule has 1 aliphatic rings. The highest BCUT2D eigenvalue weighted by Crippen LogP contribution is 2.39. The minimum atomic E-state index is 0.172. The molecule has 0 saturated heterocycles. The molecule has 1 aliphatic carbocycles. The van der Waals surface area contributed by atoms with Crippen molar-refractivity contribution in [3.05, 3.63) is 29.6 Å². The number of nitrogens with zero attached hydrogens (tertiary/aromatic N) is 1. The van der Waals surface area contributed by atoms with Crippen molar-refractivity contribution in [3.63, 3.8) is 0 Å². The standard InChI is InChI=1S/C10H14N2/c1-7-3-2-6-12-10(7)9(11)8-4-5-8/h2-3,6,8-9H,4-5,11H2,1H3. The van der Waals surface area contributed by atoms with Gasteiger partial charge >= 0.3 is 0 Å². The van der Waals surface area contributed by atoms with E-state index in [9.17, 15) is 0 Å². The van der Waals surface area contributed by atoms with Crippen LogP contribution >= 0.6 is 0 Å². The van der Waals surface area contributed by atoms with Crippen molar-refractivity contribution < 1.29 is 0 Å². The third kappa shape index (κ3) is 1.34. The summed E-state index contributed by atoms with van der Waals surface area (Å²) in [5.41, 5.74) is 8.34. The van der Waals surface area contributed by atoms with E-state index in [2.05, 4.69) is 18.0 Å². The first kappa shape index (κ1) is 7.74. The molecule has 1 aromatic rings. The summed E-state index contributed by atoms with van der Waals surface area (Å²) in [4.78, 5) is 4.31. The fourth-order valence-electron chi connectivity index (χ4n) is 1.53. The van der Waals surface area contributed by atoms with Crippen LogP contribution in [0, 0.1) is 12.8 Å². The second-order valence-electron chi connectivity index (χ2n) is 3.57. The quantitative estimate of drug-likeness (QED) is 0.720. The summed E-state index contributed by atoms with van der Waals surface area (Å²) in [6, 6.07) is 4.20. The van der Waals surface area contributed by atoms with E-state index in [0.717, 1.165) is 5.69 Å². The molecule has 2 N–H and O–H groups in total. The minimum absolute atomic E-state index is 0.172. The summed E-state index contributed by atoms with van der Waals surface area (Å²) < 4.78 is 0. The number of aryl methyl sites for hydroxylation is 1. The second kappa shape index (κ2) is 2.87. The Bertz CT molecular complexity index is 279. The van der Waals surface area contributed by atoms with Gasteiger partial charge in [-0.05, 0) is 37.3 Å². The van der Waals surface area contributed by atoms with Gasteiger partial charge in [-0.3, -0.25) is 4.98 Å². The first-order valence-electron chi connectivity index (χ1n) is 4.46. The summed E-state index contributed by atoms with van der Waals surface area (Å²) in [6.45, 7) is 2.07. The molecule has 0 spiro atoms. The molecule has 12 heavy (non-hydrogen) atoms. The first-order valence-corrected chi connectivity index (χ1v) is 4.46. The molecule has 1 unspecified atom stereocenters. The molecular formula is C10H14N2. The van der Waals surface area contributed by atoms with Crippen molar-refractivity contribution in [3.8, 4) is 0 Å². The zero-order chi connectivity index (χ0) is 8.55. The van der Waals surface area contributed by atoms with Crippen molar-refractivity contribution in [2.75, 3.05) is 0 Å². The molecule has 1 aromatic heterocycles. The monoisotopic (exact) mass is 162 g/mol. The van der Waals surface area contributed by atoms with Crippen LogP contribution in [-0.4, -0.2) is 4.98 Å². The zero-order valence-corrected chi connectivity index (χ0v) is 7.33. The Morgan fingerprint density at radius 2 is 2.33 bits per heavy atom. The Kier molecular flexibility index (Phi) is 1.85. The van der Waals surface area contributed by atoms with Gasteiger partial charge in [-0.25, -0.2) is 0 Å². The smallest absolute Gasteiger partial charge is 0.0602 e. The Morgan fingerprint density at radius 1 is 1.58 bits per heavy atom. The van der Waals surface area contributed by atoms with Gasteiger partial charge in [0.25, 0.3) is 0 Å². The lowest BCUT2D eigenvalue weighted by Crippen LogP contribution is -2.15. The van der Waals surface area contributed by atoms with E-state index in [-0.39, 0.29) is 6.04 Å². The van der Waals surface area contributed by atoms with Crippen LogP contribution < -0.4 is 5.73 Å². The molecule has 0 aromatic carbocycles. The summed E-state index contributed by atoms with van der Waals surface area (Å²) in [5.74, 6) is 0.693. The van der Waals surface area contributed by atoms with Gasteiger partial charge in [0.1, 0.15) is 0 Å². The predicted octanol–water partition coefficient (Wildman–Crippen LogP) is 1.80. The van der Waals surface area contributed by atoms with Crippen LogP contribution in [0.3, 0.4) is 0 Å². The van der Waals surface area contributed by atoms with Crippen LogP contribution in [-0.2, 0) is 0 Å². The van der Waals surface area contributed by atoms with Crippen LogP contribution in [0.1, 0.15) is 30.1 Å². The van der Waals surface area contributed by atoms with E-state index < -0.39 is 0 Å². The van der Waals surface area contributed by atoms with Gasteiger partial charge in [-0.2, -0.15) is 0 Å². The van der Waals surface area contributed by atoms with Crippen molar-refractivity contribution in [2.24, 2.45) is 11.7 Å². The maximum absolute atomic E-state index is 6.04. The van der Waals surface area contributed by atoms with E-state index in [4.69, 9.17) is 5.73 Å². The Morgan fingerprint density at radius 3 is 2.92 bits per heavy atom. The summed E-state index contributed by atoms with van der Waals surface area (Å²) >= 11 is 0. The Balaban J connectivity index is 2.25. The molecule has 0 aliphatic heterocycles. The highest BCUT2D eigenvalue weighted by atomic mass is 14.8. The van der Waals surface area contributed by atoms with Gasteiger partial charge in [-0.15, -0.1) is 0 Å². The summed E-state index contributed by atoms with van der Waals surface area (Å²) in [6.07, 6.45) is 4.37. The third-order valence-corrected chi connectivity index (χ3v) is 2.50. The molecule has 2 rings (SSSR count). The van der Waals surface area contributed by atoms with E-state index in [1.54, 1.807) is 0 Å². The fraction of sp³-hybridized carbons (Fsp3) is 0.500. The van der Waals surface area contributed by atoms with E-state index >= 15 is 0 Å². The summed E-state index contributed by atoms with van der Waals surface area (Å²) in [5, 5.41) is 0. The van der Waals surface area contributed by atoms with Gasteiger partial charge < -0.3 is 5.73 Å². The van der Waals surface area contributed by atoms with Crippen LogP contribution in [0.15, 0.2) is 18.3 Å². The van der Waals surface area contributed by atoms with Crippen molar-refractivity contribution in [2.45, 2.75) is 25.8 Å². The van der Waals surface area contributed by atoms with Crippen LogP contribution in [0.2, 0.25) is 0 Å². The largest absolute Gasteiger partial charge is 0.322 e. The molecule has 0 amide bonds. The predicted molar refractivity (Wildman–Crippen MR) is 48.6 cm³/mol. The SMILES string of the molecule is Cc1cccnc1C(N)C1CC1. The number of nitrogens with two attached hydrogens (primary N) is 1. The van der Waals surface area contributed by atoms with Crippen LogP contribution in [0.25, 0.3) is 0 Å². The van der Waals surface area contributed by atoms with Gasteiger partial charge in [0.2, 0.25) is 0 Å². The lowest BCUT2D eigenvalue weighted by molar-refractivity contribution is 0.610. The van der Waals surface area contributed by atoms with Crippen molar-refractivity contribution in [1.29, 1.82) is 0 Å². The molecule has 2 nitrogen and oxygen atoms in total.